The van der Waals surface area contributed by atoms with Crippen LogP contribution in [0.3, 0.4) is 0 Å². The minimum Gasteiger partial charge on any atom is -0.369 e. The summed E-state index contributed by atoms with van der Waals surface area (Å²) in [5, 5.41) is 3.32. The summed E-state index contributed by atoms with van der Waals surface area (Å²) in [6, 6.07) is 0. The van der Waals surface area contributed by atoms with Crippen LogP contribution in [0.15, 0.2) is 24.8 Å². The van der Waals surface area contributed by atoms with E-state index in [4.69, 9.17) is 0 Å². The first kappa shape index (κ1) is 13.5. The molecule has 0 saturated carbocycles. The zero-order chi connectivity index (χ0) is 13.5. The molecular weight excluding hydrogens is 238 g/mol. The first-order valence-corrected chi connectivity index (χ1v) is 6.88. The number of anilines is 1. The van der Waals surface area contributed by atoms with Crippen molar-refractivity contribution in [2.45, 2.75) is 39.7 Å². The van der Waals surface area contributed by atoms with Gasteiger partial charge < -0.3 is 9.88 Å². The van der Waals surface area contributed by atoms with Gasteiger partial charge in [0.25, 0.3) is 0 Å². The van der Waals surface area contributed by atoms with Crippen molar-refractivity contribution in [1.82, 2.24) is 19.5 Å². The van der Waals surface area contributed by atoms with Crippen LogP contribution >= 0.6 is 0 Å². The fourth-order valence-corrected chi connectivity index (χ4v) is 1.99. The molecule has 0 aliphatic rings. The van der Waals surface area contributed by atoms with Crippen molar-refractivity contribution in [2.75, 3.05) is 11.9 Å². The zero-order valence-corrected chi connectivity index (χ0v) is 11.6. The van der Waals surface area contributed by atoms with Crippen LogP contribution in [0.4, 0.5) is 5.82 Å². The molecule has 2 rings (SSSR count). The van der Waals surface area contributed by atoms with Gasteiger partial charge in [0, 0.05) is 37.9 Å². The fourth-order valence-electron chi connectivity index (χ4n) is 1.99. The molecule has 0 unspecified atom stereocenters. The summed E-state index contributed by atoms with van der Waals surface area (Å²) in [4.78, 5) is 13.2. The lowest BCUT2D eigenvalue weighted by molar-refractivity contribution is 0.644. The summed E-state index contributed by atoms with van der Waals surface area (Å²) in [6.07, 6.45) is 10.2. The monoisotopic (exact) mass is 259 g/mol. The molecule has 0 amide bonds. The number of aromatic nitrogens is 4. The van der Waals surface area contributed by atoms with Crippen molar-refractivity contribution in [3.8, 4) is 0 Å². The smallest absolute Gasteiger partial charge is 0.148 e. The first-order valence-electron chi connectivity index (χ1n) is 6.88. The van der Waals surface area contributed by atoms with Gasteiger partial charge in [-0.3, -0.25) is 4.98 Å². The van der Waals surface area contributed by atoms with Crippen LogP contribution in [0.2, 0.25) is 0 Å². The Bertz CT molecular complexity index is 506. The maximum Gasteiger partial charge on any atom is 0.148 e. The van der Waals surface area contributed by atoms with E-state index in [-0.39, 0.29) is 0 Å². The highest BCUT2D eigenvalue weighted by Crippen LogP contribution is 2.13. The topological polar surface area (TPSA) is 55.6 Å². The number of nitrogens with zero attached hydrogens (tertiary/aromatic N) is 4. The van der Waals surface area contributed by atoms with E-state index >= 15 is 0 Å². The minimum absolute atomic E-state index is 0.715. The number of hydrogen-bond donors (Lipinski definition) is 1. The quantitative estimate of drug-likeness (QED) is 0.830. The minimum atomic E-state index is 0.715. The average molecular weight is 259 g/mol. The molecule has 5 nitrogen and oxygen atoms in total. The van der Waals surface area contributed by atoms with E-state index in [0.29, 0.717) is 6.42 Å². The van der Waals surface area contributed by atoms with Crippen LogP contribution in [-0.2, 0) is 13.0 Å². The Morgan fingerprint density at radius 1 is 1.05 bits per heavy atom. The molecule has 0 spiro atoms. The summed E-state index contributed by atoms with van der Waals surface area (Å²) in [5.74, 6) is 1.91. The van der Waals surface area contributed by atoms with Gasteiger partial charge in [-0.25, -0.2) is 9.97 Å². The van der Waals surface area contributed by atoms with Gasteiger partial charge in [0.15, 0.2) is 0 Å². The Morgan fingerprint density at radius 3 is 2.68 bits per heavy atom. The second kappa shape index (κ2) is 6.87. The molecule has 19 heavy (non-hydrogen) atoms. The molecule has 0 fully saturated rings. The molecule has 0 radical (unpaired) electrons. The van der Waals surface area contributed by atoms with Gasteiger partial charge in [0.05, 0.1) is 12.1 Å². The van der Waals surface area contributed by atoms with Gasteiger partial charge in [-0.1, -0.05) is 13.8 Å². The van der Waals surface area contributed by atoms with Crippen LogP contribution in [-0.4, -0.2) is 26.1 Å². The third-order valence-corrected chi connectivity index (χ3v) is 2.91. The summed E-state index contributed by atoms with van der Waals surface area (Å²) in [6.45, 7) is 6.21. The Balaban J connectivity index is 2.15. The Hall–Kier alpha value is -1.91. The van der Waals surface area contributed by atoms with Crippen molar-refractivity contribution in [3.63, 3.8) is 0 Å². The maximum atomic E-state index is 4.43. The number of nitrogens with one attached hydrogen (secondary N) is 1. The lowest BCUT2D eigenvalue weighted by Crippen LogP contribution is -2.10. The van der Waals surface area contributed by atoms with Crippen LogP contribution in [0.1, 0.15) is 38.2 Å². The molecule has 0 saturated heterocycles. The molecule has 0 aromatic carbocycles. The Labute approximate surface area is 114 Å². The van der Waals surface area contributed by atoms with Crippen molar-refractivity contribution >= 4 is 5.82 Å². The number of rotatable bonds is 7. The van der Waals surface area contributed by atoms with E-state index in [0.717, 1.165) is 43.3 Å². The molecule has 2 heterocycles. The van der Waals surface area contributed by atoms with Gasteiger partial charge in [0.1, 0.15) is 11.6 Å². The molecule has 1 N–H and O–H groups in total. The summed E-state index contributed by atoms with van der Waals surface area (Å²) < 4.78 is 2.18. The van der Waals surface area contributed by atoms with Gasteiger partial charge in [-0.15, -0.1) is 0 Å². The molecule has 5 heteroatoms. The van der Waals surface area contributed by atoms with E-state index in [2.05, 4.69) is 38.7 Å². The first-order chi connectivity index (χ1) is 9.35. The second-order valence-corrected chi connectivity index (χ2v) is 4.49. The number of aryl methyl sites for hydroxylation is 1. The molecule has 0 atom stereocenters. The lowest BCUT2D eigenvalue weighted by Gasteiger charge is -2.10. The Morgan fingerprint density at radius 2 is 1.89 bits per heavy atom. The predicted molar refractivity (Wildman–Crippen MR) is 76.1 cm³/mol. The van der Waals surface area contributed by atoms with E-state index in [1.807, 2.05) is 12.4 Å². The molecule has 2 aromatic rings. The van der Waals surface area contributed by atoms with Crippen molar-refractivity contribution < 1.29 is 0 Å². The van der Waals surface area contributed by atoms with Crippen molar-refractivity contribution in [2.24, 2.45) is 0 Å². The third-order valence-electron chi connectivity index (χ3n) is 2.91. The zero-order valence-electron chi connectivity index (χ0n) is 11.6. The fraction of sp³-hybridized carbons (Fsp3) is 0.500. The van der Waals surface area contributed by atoms with Gasteiger partial charge in [-0.05, 0) is 12.8 Å². The number of imidazole rings is 1. The summed E-state index contributed by atoms with van der Waals surface area (Å²) in [5.41, 5.74) is 0.958. The van der Waals surface area contributed by atoms with Crippen LogP contribution in [0, 0.1) is 0 Å². The van der Waals surface area contributed by atoms with Crippen molar-refractivity contribution in [3.05, 3.63) is 36.3 Å². The molecular formula is C14H21N5. The van der Waals surface area contributed by atoms with E-state index in [1.54, 1.807) is 12.4 Å². The molecule has 102 valence electrons. The van der Waals surface area contributed by atoms with Crippen LogP contribution in [0.5, 0.6) is 0 Å². The highest BCUT2D eigenvalue weighted by atomic mass is 15.1. The largest absolute Gasteiger partial charge is 0.369 e. The SMILES string of the molecule is CCCNc1nccnc1Cc1nccn1CCC. The predicted octanol–water partition coefficient (Wildman–Crippen LogP) is 2.50. The molecule has 0 aliphatic carbocycles. The van der Waals surface area contributed by atoms with Gasteiger partial charge >= 0.3 is 0 Å². The average Bonchev–Trinajstić information content (AvgIpc) is 2.86. The van der Waals surface area contributed by atoms with E-state index in [9.17, 15) is 0 Å². The molecule has 2 aromatic heterocycles. The normalized spacial score (nSPS) is 10.6. The lowest BCUT2D eigenvalue weighted by atomic mass is 10.2. The maximum absolute atomic E-state index is 4.43. The van der Waals surface area contributed by atoms with Crippen LogP contribution < -0.4 is 5.32 Å². The highest BCUT2D eigenvalue weighted by Gasteiger charge is 2.09. The Kier molecular flexibility index (Phi) is 4.89. The third kappa shape index (κ3) is 3.53. The van der Waals surface area contributed by atoms with Crippen molar-refractivity contribution in [1.29, 1.82) is 0 Å². The summed E-state index contributed by atoms with van der Waals surface area (Å²) in [7, 11) is 0. The van der Waals surface area contributed by atoms with Gasteiger partial charge in [0.2, 0.25) is 0 Å². The molecule has 0 bridgehead atoms. The standard InChI is InChI=1S/C14H21N5/c1-3-5-17-14-12(15-6-7-18-14)11-13-16-8-10-19(13)9-4-2/h6-8,10H,3-5,9,11H2,1-2H3,(H,17,18). The summed E-state index contributed by atoms with van der Waals surface area (Å²) >= 11 is 0. The van der Waals surface area contributed by atoms with Gasteiger partial charge in [-0.2, -0.15) is 0 Å². The van der Waals surface area contributed by atoms with E-state index < -0.39 is 0 Å². The number of hydrogen-bond acceptors (Lipinski definition) is 4. The second-order valence-electron chi connectivity index (χ2n) is 4.49. The van der Waals surface area contributed by atoms with E-state index in [1.165, 1.54) is 0 Å². The molecule has 0 aliphatic heterocycles. The van der Waals surface area contributed by atoms with Crippen LogP contribution in [0.25, 0.3) is 0 Å². The highest BCUT2D eigenvalue weighted by molar-refractivity contribution is 5.40.